The number of carbonyl (C=O) groups excluding carboxylic acids is 1. The molecule has 2 saturated heterocycles. The molecule has 176 valence electrons. The monoisotopic (exact) mass is 458 g/mol. The Morgan fingerprint density at radius 1 is 1.06 bits per heavy atom. The van der Waals surface area contributed by atoms with E-state index in [0.29, 0.717) is 38.0 Å². The van der Waals surface area contributed by atoms with Crippen LogP contribution in [-0.4, -0.2) is 35.5 Å². The maximum Gasteiger partial charge on any atom is 0.233 e. The molecule has 2 aromatic carbocycles. The van der Waals surface area contributed by atoms with Gasteiger partial charge in [0.2, 0.25) is 5.91 Å². The maximum absolute atomic E-state index is 14.2. The number of aromatic nitrogens is 1. The highest BCUT2D eigenvalue weighted by atomic mass is 19.1. The van der Waals surface area contributed by atoms with Crippen molar-refractivity contribution in [3.05, 3.63) is 101 Å². The predicted molar refractivity (Wildman–Crippen MR) is 130 cm³/mol. The van der Waals surface area contributed by atoms with E-state index in [4.69, 9.17) is 9.72 Å². The first-order valence-electron chi connectivity index (χ1n) is 12.2. The molecule has 0 N–H and O–H groups in total. The molecule has 1 amide bonds. The van der Waals surface area contributed by atoms with E-state index in [-0.39, 0.29) is 17.8 Å². The molecule has 0 bridgehead atoms. The van der Waals surface area contributed by atoms with E-state index in [1.165, 1.54) is 11.6 Å². The normalized spacial score (nSPS) is 19.8. The summed E-state index contributed by atoms with van der Waals surface area (Å²) < 4.78 is 19.9. The minimum atomic E-state index is -0.556. The summed E-state index contributed by atoms with van der Waals surface area (Å²) in [5, 5.41) is 0. The van der Waals surface area contributed by atoms with Gasteiger partial charge in [-0.15, -0.1) is 0 Å². The molecule has 1 aromatic heterocycles. The molecule has 5 heteroatoms. The fraction of sp³-hybridized carbons (Fsp3) is 0.379. The standard InChI is InChI=1S/C29H31FN2O2/c1-21-11-13-23(14-12-21)29(15-18-34-19-16-29)28(33)32-17-5-10-27(32)26-9-4-7-24(31-26)20-22-6-2-3-8-25(22)30/h2-4,6-9,11-14,27H,5,10,15-20H2,1H3/t27-/m1/s1. The first kappa shape index (κ1) is 22.7. The molecule has 2 aliphatic heterocycles. The first-order chi connectivity index (χ1) is 16.6. The van der Waals surface area contributed by atoms with Crippen LogP contribution >= 0.6 is 0 Å². The second-order valence-electron chi connectivity index (χ2n) is 9.54. The number of likely N-dealkylation sites (tertiary alicyclic amines) is 1. The zero-order chi connectivity index (χ0) is 23.5. The lowest BCUT2D eigenvalue weighted by Gasteiger charge is -2.40. The Morgan fingerprint density at radius 2 is 1.82 bits per heavy atom. The molecular formula is C29H31FN2O2. The molecule has 0 radical (unpaired) electrons. The van der Waals surface area contributed by atoms with Crippen molar-refractivity contribution in [1.29, 1.82) is 0 Å². The largest absolute Gasteiger partial charge is 0.381 e. The quantitative estimate of drug-likeness (QED) is 0.505. The summed E-state index contributed by atoms with van der Waals surface area (Å²) >= 11 is 0. The highest BCUT2D eigenvalue weighted by Gasteiger charge is 2.47. The van der Waals surface area contributed by atoms with E-state index in [2.05, 4.69) is 31.2 Å². The number of benzene rings is 2. The number of hydrogen-bond acceptors (Lipinski definition) is 3. The number of aryl methyl sites for hydroxylation is 1. The Balaban J connectivity index is 1.43. The SMILES string of the molecule is Cc1ccc(C2(C(=O)N3CCC[C@@H]3c3cccc(Cc4ccccc4F)n3)CCOCC2)cc1. The maximum atomic E-state index is 14.2. The molecular weight excluding hydrogens is 427 g/mol. The number of hydrogen-bond donors (Lipinski definition) is 0. The van der Waals surface area contributed by atoms with E-state index in [9.17, 15) is 9.18 Å². The van der Waals surface area contributed by atoms with E-state index >= 15 is 0 Å². The Labute approximate surface area is 200 Å². The summed E-state index contributed by atoms with van der Waals surface area (Å²) in [5.41, 5.74) is 4.06. The lowest BCUT2D eigenvalue weighted by molar-refractivity contribution is -0.142. The Bertz CT molecular complexity index is 1150. The van der Waals surface area contributed by atoms with Crippen LogP contribution in [0.25, 0.3) is 0 Å². The van der Waals surface area contributed by atoms with Crippen LogP contribution in [0.1, 0.15) is 59.8 Å². The van der Waals surface area contributed by atoms with Crippen molar-refractivity contribution in [2.24, 2.45) is 0 Å². The van der Waals surface area contributed by atoms with Crippen molar-refractivity contribution in [2.45, 2.75) is 50.5 Å². The lowest BCUT2D eigenvalue weighted by Crippen LogP contribution is -2.49. The summed E-state index contributed by atoms with van der Waals surface area (Å²) in [6, 6.07) is 21.1. The van der Waals surface area contributed by atoms with Crippen LogP contribution in [0.3, 0.4) is 0 Å². The molecule has 5 rings (SSSR count). The van der Waals surface area contributed by atoms with Gasteiger partial charge in [0.25, 0.3) is 0 Å². The number of ether oxygens (including phenoxy) is 1. The van der Waals surface area contributed by atoms with Crippen LogP contribution < -0.4 is 0 Å². The van der Waals surface area contributed by atoms with Gasteiger partial charge in [0.15, 0.2) is 0 Å². The number of halogens is 1. The second kappa shape index (κ2) is 9.67. The molecule has 0 spiro atoms. The molecule has 3 aromatic rings. The molecule has 0 aliphatic carbocycles. The average Bonchev–Trinajstić information content (AvgIpc) is 3.36. The van der Waals surface area contributed by atoms with E-state index in [0.717, 1.165) is 36.3 Å². The Morgan fingerprint density at radius 3 is 2.59 bits per heavy atom. The molecule has 0 saturated carbocycles. The van der Waals surface area contributed by atoms with Gasteiger partial charge >= 0.3 is 0 Å². The third kappa shape index (κ3) is 4.37. The van der Waals surface area contributed by atoms with Crippen molar-refractivity contribution >= 4 is 5.91 Å². The lowest BCUT2D eigenvalue weighted by atomic mass is 9.72. The van der Waals surface area contributed by atoms with Gasteiger partial charge in [-0.3, -0.25) is 9.78 Å². The van der Waals surface area contributed by atoms with Crippen LogP contribution in [0.5, 0.6) is 0 Å². The highest BCUT2D eigenvalue weighted by molar-refractivity contribution is 5.89. The molecule has 2 fully saturated rings. The Hall–Kier alpha value is -3.05. The van der Waals surface area contributed by atoms with Crippen molar-refractivity contribution in [3.63, 3.8) is 0 Å². The minimum absolute atomic E-state index is 0.0572. The fourth-order valence-electron chi connectivity index (χ4n) is 5.43. The van der Waals surface area contributed by atoms with Crippen molar-refractivity contribution in [3.8, 4) is 0 Å². The fourth-order valence-corrected chi connectivity index (χ4v) is 5.43. The van der Waals surface area contributed by atoms with Gasteiger partial charge in [0.05, 0.1) is 17.2 Å². The number of amides is 1. The topological polar surface area (TPSA) is 42.4 Å². The zero-order valence-electron chi connectivity index (χ0n) is 19.7. The highest BCUT2D eigenvalue weighted by Crippen LogP contribution is 2.41. The summed E-state index contributed by atoms with van der Waals surface area (Å²) in [6.45, 7) is 3.99. The summed E-state index contributed by atoms with van der Waals surface area (Å²) in [6.07, 6.45) is 3.67. The zero-order valence-corrected chi connectivity index (χ0v) is 19.7. The minimum Gasteiger partial charge on any atom is -0.381 e. The number of rotatable bonds is 5. The van der Waals surface area contributed by atoms with E-state index < -0.39 is 5.41 Å². The van der Waals surface area contributed by atoms with Gasteiger partial charge in [-0.2, -0.15) is 0 Å². The van der Waals surface area contributed by atoms with Gasteiger partial charge in [0.1, 0.15) is 5.82 Å². The first-order valence-corrected chi connectivity index (χ1v) is 12.2. The second-order valence-corrected chi connectivity index (χ2v) is 9.54. The van der Waals surface area contributed by atoms with Crippen molar-refractivity contribution < 1.29 is 13.9 Å². The Kier molecular flexibility index (Phi) is 6.46. The molecule has 4 nitrogen and oxygen atoms in total. The number of nitrogens with zero attached hydrogens (tertiary/aromatic N) is 2. The average molecular weight is 459 g/mol. The molecule has 3 heterocycles. The van der Waals surface area contributed by atoms with Crippen molar-refractivity contribution in [2.75, 3.05) is 19.8 Å². The van der Waals surface area contributed by atoms with Crippen LogP contribution in [0.2, 0.25) is 0 Å². The van der Waals surface area contributed by atoms with Crippen LogP contribution in [0.15, 0.2) is 66.7 Å². The molecule has 0 unspecified atom stereocenters. The van der Waals surface area contributed by atoms with Gasteiger partial charge in [-0.1, -0.05) is 54.1 Å². The van der Waals surface area contributed by atoms with Crippen molar-refractivity contribution in [1.82, 2.24) is 9.88 Å². The third-order valence-electron chi connectivity index (χ3n) is 7.37. The smallest absolute Gasteiger partial charge is 0.233 e. The molecule has 2 aliphatic rings. The number of carbonyl (C=O) groups is 1. The van der Waals surface area contributed by atoms with Crippen LogP contribution in [0.4, 0.5) is 4.39 Å². The van der Waals surface area contributed by atoms with Crippen LogP contribution in [0, 0.1) is 12.7 Å². The summed E-state index contributed by atoms with van der Waals surface area (Å²) in [5.74, 6) is -0.0320. The van der Waals surface area contributed by atoms with Gasteiger partial charge in [0, 0.05) is 31.9 Å². The van der Waals surface area contributed by atoms with Crippen LogP contribution in [-0.2, 0) is 21.4 Å². The molecule has 34 heavy (non-hydrogen) atoms. The third-order valence-corrected chi connectivity index (χ3v) is 7.37. The summed E-state index contributed by atoms with van der Waals surface area (Å²) in [7, 11) is 0. The van der Waals surface area contributed by atoms with E-state index in [1.54, 1.807) is 12.1 Å². The summed E-state index contributed by atoms with van der Waals surface area (Å²) in [4.78, 5) is 21.1. The number of pyridine rings is 1. The van der Waals surface area contributed by atoms with E-state index in [1.807, 2.05) is 29.2 Å². The van der Waals surface area contributed by atoms with Gasteiger partial charge in [-0.25, -0.2) is 4.39 Å². The van der Waals surface area contributed by atoms with Gasteiger partial charge < -0.3 is 9.64 Å². The molecule has 1 atom stereocenters. The predicted octanol–water partition coefficient (Wildman–Crippen LogP) is 5.53. The van der Waals surface area contributed by atoms with Gasteiger partial charge in [-0.05, 0) is 61.9 Å².